The average molecular weight is 434 g/mol. The van der Waals surface area contributed by atoms with Crippen molar-refractivity contribution >= 4 is 21.8 Å². The summed E-state index contributed by atoms with van der Waals surface area (Å²) in [6, 6.07) is 14.1. The van der Waals surface area contributed by atoms with Gasteiger partial charge in [0.2, 0.25) is 15.9 Å². The number of ether oxygens (including phenoxy) is 1. The first kappa shape index (κ1) is 21.4. The van der Waals surface area contributed by atoms with Gasteiger partial charge in [-0.25, -0.2) is 13.6 Å². The number of sulfonamides is 1. The van der Waals surface area contributed by atoms with Gasteiger partial charge >= 0.3 is 0 Å². The second-order valence-corrected chi connectivity index (χ2v) is 10.0. The molecule has 1 aromatic heterocycles. The lowest BCUT2D eigenvalue weighted by molar-refractivity contribution is 0.343. The van der Waals surface area contributed by atoms with E-state index >= 15 is 0 Å². The number of nitrogens with zero attached hydrogens (tertiary/aromatic N) is 2. The Morgan fingerprint density at radius 1 is 1.03 bits per heavy atom. The van der Waals surface area contributed by atoms with Crippen LogP contribution >= 0.6 is 11.8 Å². The summed E-state index contributed by atoms with van der Waals surface area (Å²) >= 11 is 1.39. The lowest BCUT2D eigenvalue weighted by atomic mass is 9.87. The number of primary sulfonamides is 1. The molecule has 154 valence electrons. The number of nitrogens with two attached hydrogens (primary N) is 1. The largest absolute Gasteiger partial charge is 0.493 e. The molecule has 3 rings (SSSR count). The van der Waals surface area contributed by atoms with E-state index in [1.807, 2.05) is 12.1 Å². The predicted octanol–water partition coefficient (Wildman–Crippen LogP) is 3.85. The summed E-state index contributed by atoms with van der Waals surface area (Å²) in [6.07, 6.45) is 0. The Balaban J connectivity index is 1.51. The Labute approximate surface area is 174 Å². The van der Waals surface area contributed by atoms with Gasteiger partial charge in [-0.15, -0.1) is 10.2 Å². The molecule has 0 aliphatic heterocycles. The van der Waals surface area contributed by atoms with Crippen molar-refractivity contribution in [3.8, 4) is 17.2 Å². The highest BCUT2D eigenvalue weighted by atomic mass is 32.2. The van der Waals surface area contributed by atoms with Crippen LogP contribution in [0.5, 0.6) is 5.75 Å². The molecule has 9 heteroatoms. The normalized spacial score (nSPS) is 12.1. The van der Waals surface area contributed by atoms with E-state index in [4.69, 9.17) is 14.3 Å². The Bertz CT molecular complexity index is 1050. The molecule has 0 atom stereocenters. The van der Waals surface area contributed by atoms with Crippen molar-refractivity contribution in [2.24, 2.45) is 5.14 Å². The van der Waals surface area contributed by atoms with Crippen LogP contribution in [0.4, 0.5) is 0 Å². The Morgan fingerprint density at radius 2 is 1.69 bits per heavy atom. The standard InChI is InChI=1S/C20H23N3O4S2/c1-20(2,3)15-6-4-14(5-7-15)18-22-23-19(27-18)28-13-12-26-16-8-10-17(11-9-16)29(21,24)25/h4-11H,12-13H2,1-3H3,(H2,21,24,25). The maximum absolute atomic E-state index is 11.2. The molecule has 0 aliphatic carbocycles. The average Bonchev–Trinajstić information content (AvgIpc) is 3.13. The van der Waals surface area contributed by atoms with E-state index in [0.29, 0.717) is 29.2 Å². The molecular weight excluding hydrogens is 410 g/mol. The molecule has 0 saturated heterocycles. The van der Waals surface area contributed by atoms with Crippen molar-refractivity contribution in [3.05, 3.63) is 54.1 Å². The van der Waals surface area contributed by atoms with Gasteiger partial charge in [0.1, 0.15) is 5.75 Å². The van der Waals surface area contributed by atoms with Gasteiger partial charge in [-0.3, -0.25) is 0 Å². The van der Waals surface area contributed by atoms with Crippen LogP contribution in [-0.2, 0) is 15.4 Å². The molecule has 0 radical (unpaired) electrons. The molecule has 7 nitrogen and oxygen atoms in total. The minimum atomic E-state index is -3.70. The minimum absolute atomic E-state index is 0.0492. The molecule has 0 spiro atoms. The third kappa shape index (κ3) is 5.81. The van der Waals surface area contributed by atoms with Gasteiger partial charge in [-0.05, 0) is 47.4 Å². The summed E-state index contributed by atoms with van der Waals surface area (Å²) in [5, 5.41) is 13.7. The fourth-order valence-corrected chi connectivity index (χ4v) is 3.60. The van der Waals surface area contributed by atoms with Gasteiger partial charge in [0.05, 0.1) is 11.5 Å². The molecule has 0 bridgehead atoms. The molecule has 0 fully saturated rings. The Kier molecular flexibility index (Phi) is 6.30. The van der Waals surface area contributed by atoms with Crippen LogP contribution in [0.2, 0.25) is 0 Å². The first-order chi connectivity index (χ1) is 13.6. The van der Waals surface area contributed by atoms with Crippen molar-refractivity contribution in [1.82, 2.24) is 10.2 Å². The highest BCUT2D eigenvalue weighted by Crippen LogP contribution is 2.27. The quantitative estimate of drug-likeness (QED) is 0.445. The number of thioether (sulfide) groups is 1. The highest BCUT2D eigenvalue weighted by molar-refractivity contribution is 7.99. The van der Waals surface area contributed by atoms with Crippen LogP contribution in [0.15, 0.2) is 63.1 Å². The van der Waals surface area contributed by atoms with E-state index in [9.17, 15) is 8.42 Å². The molecule has 0 unspecified atom stereocenters. The number of benzene rings is 2. The second-order valence-electron chi connectivity index (χ2n) is 7.41. The first-order valence-electron chi connectivity index (χ1n) is 8.96. The monoisotopic (exact) mass is 433 g/mol. The SMILES string of the molecule is CC(C)(C)c1ccc(-c2nnc(SCCOc3ccc(S(N)(=O)=O)cc3)o2)cc1. The Hall–Kier alpha value is -2.36. The van der Waals surface area contributed by atoms with Gasteiger partial charge in [-0.1, -0.05) is 44.7 Å². The number of aromatic nitrogens is 2. The van der Waals surface area contributed by atoms with Crippen LogP contribution in [0.1, 0.15) is 26.3 Å². The number of hydrogen-bond donors (Lipinski definition) is 1. The minimum Gasteiger partial charge on any atom is -0.493 e. The summed E-state index contributed by atoms with van der Waals surface area (Å²) < 4.78 is 33.8. The van der Waals surface area contributed by atoms with Gasteiger partial charge in [0.25, 0.3) is 5.22 Å². The van der Waals surface area contributed by atoms with Crippen LogP contribution in [-0.4, -0.2) is 31.0 Å². The molecule has 29 heavy (non-hydrogen) atoms. The molecule has 0 amide bonds. The summed E-state index contributed by atoms with van der Waals surface area (Å²) in [6.45, 7) is 6.90. The lowest BCUT2D eigenvalue weighted by Gasteiger charge is -2.18. The van der Waals surface area contributed by atoms with Crippen LogP contribution in [0, 0.1) is 0 Å². The lowest BCUT2D eigenvalue weighted by Crippen LogP contribution is -2.11. The molecule has 0 saturated carbocycles. The van der Waals surface area contributed by atoms with Crippen molar-refractivity contribution in [2.45, 2.75) is 36.3 Å². The zero-order valence-electron chi connectivity index (χ0n) is 16.5. The van der Waals surface area contributed by atoms with Crippen LogP contribution in [0.3, 0.4) is 0 Å². The summed E-state index contributed by atoms with van der Waals surface area (Å²) in [4.78, 5) is 0.0492. The molecule has 1 heterocycles. The van der Waals surface area contributed by atoms with Gasteiger partial charge < -0.3 is 9.15 Å². The first-order valence-corrected chi connectivity index (χ1v) is 11.5. The van der Waals surface area contributed by atoms with Crippen LogP contribution in [0.25, 0.3) is 11.5 Å². The van der Waals surface area contributed by atoms with Crippen molar-refractivity contribution in [1.29, 1.82) is 0 Å². The Morgan fingerprint density at radius 3 is 2.28 bits per heavy atom. The molecule has 2 N–H and O–H groups in total. The molecule has 3 aromatic rings. The zero-order valence-corrected chi connectivity index (χ0v) is 18.1. The summed E-state index contributed by atoms with van der Waals surface area (Å²) in [5.41, 5.74) is 2.21. The molecular formula is C20H23N3O4S2. The topological polar surface area (TPSA) is 108 Å². The third-order valence-electron chi connectivity index (χ3n) is 4.13. The van der Waals surface area contributed by atoms with Gasteiger partial charge in [0, 0.05) is 11.3 Å². The van der Waals surface area contributed by atoms with Crippen molar-refractivity contribution < 1.29 is 17.6 Å². The number of hydrogen-bond acceptors (Lipinski definition) is 7. The van der Waals surface area contributed by atoms with E-state index in [1.54, 1.807) is 12.1 Å². The van der Waals surface area contributed by atoms with Crippen LogP contribution < -0.4 is 9.88 Å². The van der Waals surface area contributed by atoms with E-state index < -0.39 is 10.0 Å². The zero-order chi connectivity index (χ0) is 21.1. The van der Waals surface area contributed by atoms with E-state index in [2.05, 4.69) is 43.1 Å². The molecule has 0 aliphatic rings. The fourth-order valence-electron chi connectivity index (χ4n) is 2.51. The molecule has 2 aromatic carbocycles. The van der Waals surface area contributed by atoms with E-state index in [-0.39, 0.29) is 10.3 Å². The van der Waals surface area contributed by atoms with Gasteiger partial charge in [0.15, 0.2) is 0 Å². The van der Waals surface area contributed by atoms with Crippen molar-refractivity contribution in [2.75, 3.05) is 12.4 Å². The van der Waals surface area contributed by atoms with Gasteiger partial charge in [-0.2, -0.15) is 0 Å². The van der Waals surface area contributed by atoms with E-state index in [1.165, 1.54) is 29.5 Å². The number of rotatable bonds is 7. The van der Waals surface area contributed by atoms with E-state index in [0.717, 1.165) is 5.56 Å². The smallest absolute Gasteiger partial charge is 0.276 e. The highest BCUT2D eigenvalue weighted by Gasteiger charge is 2.15. The predicted molar refractivity (Wildman–Crippen MR) is 112 cm³/mol. The summed E-state index contributed by atoms with van der Waals surface area (Å²) in [5.74, 6) is 1.64. The third-order valence-corrected chi connectivity index (χ3v) is 5.85. The second kappa shape index (κ2) is 8.56. The fraction of sp³-hybridized carbons (Fsp3) is 0.300. The van der Waals surface area contributed by atoms with Crippen molar-refractivity contribution in [3.63, 3.8) is 0 Å². The summed E-state index contributed by atoms with van der Waals surface area (Å²) in [7, 11) is -3.70. The maximum atomic E-state index is 11.2. The maximum Gasteiger partial charge on any atom is 0.276 e.